The lowest BCUT2D eigenvalue weighted by Gasteiger charge is -2.23. The van der Waals surface area contributed by atoms with E-state index in [1.54, 1.807) is 48.7 Å². The number of Topliss-reactive ketones (excluding diaryl/α,β-unsaturated/α-hetero) is 1. The van der Waals surface area contributed by atoms with Gasteiger partial charge in [-0.1, -0.05) is 18.2 Å². The van der Waals surface area contributed by atoms with Gasteiger partial charge in [0, 0.05) is 11.8 Å². The molecule has 5 nitrogen and oxygen atoms in total. The number of carbonyl (C=O) groups is 1. The number of benzene rings is 2. The molecule has 1 aliphatic heterocycles. The molecule has 1 unspecified atom stereocenters. The van der Waals surface area contributed by atoms with Crippen molar-refractivity contribution < 1.29 is 9.53 Å². The van der Waals surface area contributed by atoms with Crippen LogP contribution in [-0.2, 0) is 0 Å². The summed E-state index contributed by atoms with van der Waals surface area (Å²) in [7, 11) is 1.59. The van der Waals surface area contributed by atoms with E-state index >= 15 is 0 Å². The number of amidine groups is 1. The molecule has 0 fully saturated rings. The van der Waals surface area contributed by atoms with Crippen molar-refractivity contribution in [3.63, 3.8) is 0 Å². The van der Waals surface area contributed by atoms with Gasteiger partial charge in [-0.3, -0.25) is 4.79 Å². The molecule has 2 N–H and O–H groups in total. The van der Waals surface area contributed by atoms with E-state index in [9.17, 15) is 4.79 Å². The maximum absolute atomic E-state index is 12.6. The standard InChI is InChI=1S/C18H17N3O2/c1-23-15-9-7-13(8-10-15)17(22)16-11-12-21(20-18(16)19)14-5-3-2-4-6-14/h2-12,16H,1H3,(H2,19,20). The first kappa shape index (κ1) is 14.8. The van der Waals surface area contributed by atoms with Gasteiger partial charge in [-0.25, -0.2) is 5.01 Å². The summed E-state index contributed by atoms with van der Waals surface area (Å²) in [5.74, 6) is 0.344. The molecule has 0 spiro atoms. The molecule has 2 aromatic rings. The van der Waals surface area contributed by atoms with Crippen molar-refractivity contribution >= 4 is 17.3 Å². The molecule has 1 aliphatic rings. The summed E-state index contributed by atoms with van der Waals surface area (Å²) in [5.41, 5.74) is 7.48. The van der Waals surface area contributed by atoms with Gasteiger partial charge < -0.3 is 10.5 Å². The van der Waals surface area contributed by atoms with E-state index in [0.717, 1.165) is 5.69 Å². The number of carbonyl (C=O) groups excluding carboxylic acids is 1. The van der Waals surface area contributed by atoms with Crippen LogP contribution in [-0.4, -0.2) is 18.7 Å². The minimum absolute atomic E-state index is 0.0853. The summed E-state index contributed by atoms with van der Waals surface area (Å²) >= 11 is 0. The van der Waals surface area contributed by atoms with Crippen molar-refractivity contribution in [2.24, 2.45) is 16.8 Å². The molecule has 0 aliphatic carbocycles. The van der Waals surface area contributed by atoms with Crippen molar-refractivity contribution in [3.8, 4) is 5.75 Å². The number of para-hydroxylation sites is 1. The summed E-state index contributed by atoms with van der Waals surface area (Å²) < 4.78 is 5.10. The van der Waals surface area contributed by atoms with Gasteiger partial charge in [-0.15, -0.1) is 0 Å². The third kappa shape index (κ3) is 3.08. The van der Waals surface area contributed by atoms with Crippen LogP contribution in [0.15, 0.2) is 72.0 Å². The minimum atomic E-state index is -0.552. The second-order valence-electron chi connectivity index (χ2n) is 5.12. The fourth-order valence-corrected chi connectivity index (χ4v) is 2.37. The monoisotopic (exact) mass is 307 g/mol. The van der Waals surface area contributed by atoms with Crippen LogP contribution in [0.4, 0.5) is 5.69 Å². The van der Waals surface area contributed by atoms with Gasteiger partial charge in [0.1, 0.15) is 17.5 Å². The van der Waals surface area contributed by atoms with Crippen LogP contribution in [0.1, 0.15) is 10.4 Å². The van der Waals surface area contributed by atoms with Crippen LogP contribution >= 0.6 is 0 Å². The van der Waals surface area contributed by atoms with E-state index in [4.69, 9.17) is 10.5 Å². The van der Waals surface area contributed by atoms with E-state index < -0.39 is 5.92 Å². The number of hydrogen-bond acceptors (Lipinski definition) is 5. The zero-order valence-corrected chi connectivity index (χ0v) is 12.7. The zero-order chi connectivity index (χ0) is 16.2. The smallest absolute Gasteiger partial charge is 0.177 e. The van der Waals surface area contributed by atoms with Crippen molar-refractivity contribution in [1.82, 2.24) is 0 Å². The number of anilines is 1. The Labute approximate surface area is 134 Å². The van der Waals surface area contributed by atoms with E-state index in [1.807, 2.05) is 30.3 Å². The molecule has 0 radical (unpaired) electrons. The summed E-state index contributed by atoms with van der Waals surface area (Å²) in [6.07, 6.45) is 3.53. The molecular weight excluding hydrogens is 290 g/mol. The van der Waals surface area contributed by atoms with E-state index in [2.05, 4.69) is 5.10 Å². The van der Waals surface area contributed by atoms with Crippen LogP contribution in [0.3, 0.4) is 0 Å². The highest BCUT2D eigenvalue weighted by Gasteiger charge is 2.25. The third-order valence-electron chi connectivity index (χ3n) is 3.64. The van der Waals surface area contributed by atoms with Gasteiger partial charge in [0.05, 0.1) is 12.8 Å². The molecule has 1 atom stereocenters. The predicted molar refractivity (Wildman–Crippen MR) is 90.5 cm³/mol. The van der Waals surface area contributed by atoms with Gasteiger partial charge in [-0.2, -0.15) is 5.10 Å². The lowest BCUT2D eigenvalue weighted by atomic mass is 9.96. The number of nitrogens with two attached hydrogens (primary N) is 1. The second-order valence-corrected chi connectivity index (χ2v) is 5.12. The number of methoxy groups -OCH3 is 1. The van der Waals surface area contributed by atoms with Crippen LogP contribution in [0.2, 0.25) is 0 Å². The van der Waals surface area contributed by atoms with Gasteiger partial charge in [0.2, 0.25) is 0 Å². The number of ketones is 1. The largest absolute Gasteiger partial charge is 0.497 e. The maximum Gasteiger partial charge on any atom is 0.177 e. The highest BCUT2D eigenvalue weighted by molar-refractivity contribution is 6.13. The molecule has 2 aromatic carbocycles. The molecule has 0 bridgehead atoms. The average Bonchev–Trinajstić information content (AvgIpc) is 2.62. The number of hydrazone groups is 1. The molecule has 23 heavy (non-hydrogen) atoms. The fourth-order valence-electron chi connectivity index (χ4n) is 2.37. The van der Waals surface area contributed by atoms with Crippen LogP contribution in [0.5, 0.6) is 5.75 Å². The Bertz CT molecular complexity index is 752. The summed E-state index contributed by atoms with van der Waals surface area (Å²) in [6, 6.07) is 16.6. The Hall–Kier alpha value is -3.08. The number of nitrogens with zero attached hydrogens (tertiary/aromatic N) is 2. The zero-order valence-electron chi connectivity index (χ0n) is 12.7. The van der Waals surface area contributed by atoms with Crippen molar-refractivity contribution in [2.75, 3.05) is 12.1 Å². The van der Waals surface area contributed by atoms with Crippen molar-refractivity contribution in [1.29, 1.82) is 0 Å². The Morgan fingerprint density at radius 2 is 1.83 bits per heavy atom. The summed E-state index contributed by atoms with van der Waals surface area (Å²) in [6.45, 7) is 0. The normalized spacial score (nSPS) is 16.8. The van der Waals surface area contributed by atoms with Crippen LogP contribution in [0, 0.1) is 5.92 Å². The van der Waals surface area contributed by atoms with E-state index in [1.165, 1.54) is 0 Å². The maximum atomic E-state index is 12.6. The van der Waals surface area contributed by atoms with Crippen molar-refractivity contribution in [3.05, 3.63) is 72.4 Å². The van der Waals surface area contributed by atoms with Gasteiger partial charge in [0.15, 0.2) is 5.78 Å². The number of rotatable bonds is 4. The number of hydrogen-bond donors (Lipinski definition) is 1. The topological polar surface area (TPSA) is 67.9 Å². The highest BCUT2D eigenvalue weighted by atomic mass is 16.5. The fraction of sp³-hybridized carbons (Fsp3) is 0.111. The highest BCUT2D eigenvalue weighted by Crippen LogP contribution is 2.22. The summed E-state index contributed by atoms with van der Waals surface area (Å²) in [5, 5.41) is 5.97. The number of ether oxygens (including phenoxy) is 1. The molecule has 0 saturated carbocycles. The first-order chi connectivity index (χ1) is 11.2. The van der Waals surface area contributed by atoms with Gasteiger partial charge in [-0.05, 0) is 42.5 Å². The quantitative estimate of drug-likeness (QED) is 0.882. The lowest BCUT2D eigenvalue weighted by molar-refractivity contribution is 0.0971. The second kappa shape index (κ2) is 6.36. The van der Waals surface area contributed by atoms with Crippen LogP contribution < -0.4 is 15.5 Å². The molecular formula is C18H17N3O2. The Kier molecular flexibility index (Phi) is 4.10. The first-order valence-electron chi connectivity index (χ1n) is 7.24. The Balaban J connectivity index is 1.79. The molecule has 3 rings (SSSR count). The van der Waals surface area contributed by atoms with Crippen LogP contribution in [0.25, 0.3) is 0 Å². The molecule has 5 heteroatoms. The molecule has 116 valence electrons. The van der Waals surface area contributed by atoms with Gasteiger partial charge >= 0.3 is 0 Å². The third-order valence-corrected chi connectivity index (χ3v) is 3.64. The predicted octanol–water partition coefficient (Wildman–Crippen LogP) is 2.80. The summed E-state index contributed by atoms with van der Waals surface area (Å²) in [4.78, 5) is 12.6. The molecule has 0 saturated heterocycles. The molecule has 1 heterocycles. The molecule has 0 amide bonds. The SMILES string of the molecule is COc1ccc(C(=O)C2C=CN(c3ccccc3)N=C2N)cc1. The first-order valence-corrected chi connectivity index (χ1v) is 7.24. The average molecular weight is 307 g/mol. The van der Waals surface area contributed by atoms with Gasteiger partial charge in [0.25, 0.3) is 0 Å². The van der Waals surface area contributed by atoms with Crippen molar-refractivity contribution in [2.45, 2.75) is 0 Å². The van der Waals surface area contributed by atoms with E-state index in [-0.39, 0.29) is 11.6 Å². The Morgan fingerprint density at radius 1 is 1.13 bits per heavy atom. The Morgan fingerprint density at radius 3 is 2.43 bits per heavy atom. The lowest BCUT2D eigenvalue weighted by Crippen LogP contribution is -2.34. The molecule has 0 aromatic heterocycles. The minimum Gasteiger partial charge on any atom is -0.497 e. The van der Waals surface area contributed by atoms with E-state index in [0.29, 0.717) is 11.3 Å².